The highest BCUT2D eigenvalue weighted by molar-refractivity contribution is 7.92. The molecule has 0 amide bonds. The number of hydrogen-bond donors (Lipinski definition) is 1. The molecule has 1 atom stereocenters. The number of aliphatic hydroxyl groups is 1. The Morgan fingerprint density at radius 3 is 2.20 bits per heavy atom. The van der Waals surface area contributed by atoms with Crippen LogP contribution < -0.4 is 13.8 Å². The number of aromatic nitrogens is 5. The van der Waals surface area contributed by atoms with Crippen molar-refractivity contribution in [2.24, 2.45) is 7.05 Å². The van der Waals surface area contributed by atoms with Crippen molar-refractivity contribution in [2.75, 3.05) is 37.1 Å². The van der Waals surface area contributed by atoms with Crippen molar-refractivity contribution in [3.63, 3.8) is 0 Å². The highest BCUT2D eigenvalue weighted by atomic mass is 32.2. The van der Waals surface area contributed by atoms with Gasteiger partial charge in [0.1, 0.15) is 28.7 Å². The third kappa shape index (κ3) is 7.54. The summed E-state index contributed by atoms with van der Waals surface area (Å²) in [6.45, 7) is 6.22. The van der Waals surface area contributed by atoms with Crippen LogP contribution in [0.4, 0.5) is 10.3 Å². The van der Waals surface area contributed by atoms with Gasteiger partial charge in [-0.3, -0.25) is 9.25 Å². The van der Waals surface area contributed by atoms with Crippen LogP contribution in [0, 0.1) is 5.82 Å². The molecular weight excluding hydrogens is 644 g/mol. The number of sulfone groups is 1. The molecule has 0 aliphatic heterocycles. The van der Waals surface area contributed by atoms with Crippen LogP contribution in [0.2, 0.25) is 25.7 Å². The Kier molecular flexibility index (Phi) is 9.77. The van der Waals surface area contributed by atoms with Crippen molar-refractivity contribution in [3.8, 4) is 28.7 Å². The Labute approximate surface area is 263 Å². The molecule has 0 aliphatic carbocycles. The molecule has 0 fully saturated rings. The van der Waals surface area contributed by atoms with Crippen LogP contribution >= 0.6 is 0 Å². The summed E-state index contributed by atoms with van der Waals surface area (Å²) in [5.74, 6) is -1.03. The van der Waals surface area contributed by atoms with Gasteiger partial charge in [0.15, 0.2) is 15.7 Å². The van der Waals surface area contributed by atoms with E-state index in [4.69, 9.17) is 9.47 Å². The average molecular weight is 681 g/mol. The quantitative estimate of drug-likeness (QED) is 0.207. The Morgan fingerprint density at radius 2 is 1.67 bits per heavy atom. The van der Waals surface area contributed by atoms with Gasteiger partial charge in [0, 0.05) is 39.7 Å². The number of ether oxygens (including phenoxy) is 2. The fraction of sp³-hybridized carbons (Fsp3) is 0.393. The molecule has 244 valence electrons. The lowest BCUT2D eigenvalue weighted by Gasteiger charge is -2.28. The van der Waals surface area contributed by atoms with Crippen molar-refractivity contribution in [3.05, 3.63) is 60.0 Å². The minimum atomic E-state index is -4.46. The second-order valence-corrected chi connectivity index (χ2v) is 21.2. The Balaban J connectivity index is 1.95. The van der Waals surface area contributed by atoms with Crippen LogP contribution in [0.1, 0.15) is 11.7 Å². The number of nitrogens with zero attached hydrogens (tertiary/aromatic N) is 6. The van der Waals surface area contributed by atoms with Crippen molar-refractivity contribution in [1.29, 1.82) is 0 Å². The fourth-order valence-electron chi connectivity index (χ4n) is 4.68. The molecule has 45 heavy (non-hydrogen) atoms. The minimum absolute atomic E-state index is 0.0229. The molecule has 2 aromatic heterocycles. The number of anilines is 1. The standard InChI is InChI=1S/C28H37FN6O7S2Si/c1-33-14-13-21(32-33)27-30-31-28(35(27)26-23(41-2)9-8-10-24(26)42-3)34(15-16-45(5,6)7)44(39,40)18-22(36)20-12-11-19(29)17-25(20)43(4,37)38/h8-14,17,22,36H,15-16,18H2,1-7H3. The van der Waals surface area contributed by atoms with E-state index < -0.39 is 50.5 Å². The largest absolute Gasteiger partial charge is 0.494 e. The molecule has 2 heterocycles. The summed E-state index contributed by atoms with van der Waals surface area (Å²) in [6, 6.07) is 10.1. The zero-order valence-corrected chi connectivity index (χ0v) is 28.7. The second-order valence-electron chi connectivity index (χ2n) is 11.7. The fourth-order valence-corrected chi connectivity index (χ4v) is 8.19. The molecule has 17 heteroatoms. The lowest BCUT2D eigenvalue weighted by atomic mass is 10.1. The summed E-state index contributed by atoms with van der Waals surface area (Å²) in [6.07, 6.45) is 0.739. The van der Waals surface area contributed by atoms with Gasteiger partial charge in [0.25, 0.3) is 0 Å². The van der Waals surface area contributed by atoms with Gasteiger partial charge in [-0.25, -0.2) is 25.5 Å². The molecule has 4 aromatic rings. The van der Waals surface area contributed by atoms with Gasteiger partial charge in [-0.2, -0.15) is 5.10 Å². The smallest absolute Gasteiger partial charge is 0.246 e. The van der Waals surface area contributed by atoms with Crippen molar-refractivity contribution in [2.45, 2.75) is 36.7 Å². The monoisotopic (exact) mass is 680 g/mol. The molecular formula is C28H37FN6O7S2Si. The zero-order valence-electron chi connectivity index (χ0n) is 26.1. The minimum Gasteiger partial charge on any atom is -0.494 e. The van der Waals surface area contributed by atoms with Crippen LogP contribution in [0.15, 0.2) is 53.6 Å². The SMILES string of the molecule is COc1cccc(OC)c1-n1c(-c2ccn(C)n2)nnc1N(CC[Si](C)(C)C)S(=O)(=O)CC(O)c1ccc(F)cc1S(C)(=O)=O. The lowest BCUT2D eigenvalue weighted by molar-refractivity contribution is 0.198. The summed E-state index contributed by atoms with van der Waals surface area (Å²) in [5, 5.41) is 24.3. The maximum absolute atomic E-state index is 14.3. The zero-order chi connectivity index (χ0) is 33.3. The second kappa shape index (κ2) is 12.9. The first-order valence-corrected chi connectivity index (χ1v) is 21.0. The number of sulfonamides is 1. The summed E-state index contributed by atoms with van der Waals surface area (Å²) >= 11 is 0. The molecule has 0 bridgehead atoms. The number of rotatable bonds is 13. The van der Waals surface area contributed by atoms with E-state index in [1.165, 1.54) is 18.8 Å². The number of benzene rings is 2. The molecule has 0 radical (unpaired) electrons. The summed E-state index contributed by atoms with van der Waals surface area (Å²) in [5.41, 5.74) is 0.459. The van der Waals surface area contributed by atoms with Crippen LogP contribution in [-0.4, -0.2) is 87.3 Å². The molecule has 0 saturated carbocycles. The molecule has 0 aliphatic rings. The summed E-state index contributed by atoms with van der Waals surface area (Å²) in [7, 11) is -5.70. The Morgan fingerprint density at radius 1 is 1.02 bits per heavy atom. The molecule has 0 saturated heterocycles. The number of halogens is 1. The Hall–Kier alpha value is -3.80. The van der Waals surface area contributed by atoms with E-state index in [2.05, 4.69) is 34.9 Å². The first kappa shape index (κ1) is 34.1. The molecule has 13 nitrogen and oxygen atoms in total. The van der Waals surface area contributed by atoms with Gasteiger partial charge < -0.3 is 14.6 Å². The summed E-state index contributed by atoms with van der Waals surface area (Å²) < 4.78 is 82.8. The van der Waals surface area contributed by atoms with Crippen molar-refractivity contribution >= 4 is 33.9 Å². The lowest BCUT2D eigenvalue weighted by Crippen LogP contribution is -2.40. The van der Waals surface area contributed by atoms with E-state index in [0.29, 0.717) is 28.9 Å². The third-order valence-corrected chi connectivity index (χ3v) is 11.6. The van der Waals surface area contributed by atoms with Gasteiger partial charge in [-0.1, -0.05) is 31.8 Å². The summed E-state index contributed by atoms with van der Waals surface area (Å²) in [4.78, 5) is -0.502. The third-order valence-electron chi connectivity index (χ3n) is 6.94. The van der Waals surface area contributed by atoms with Gasteiger partial charge in [-0.05, 0) is 36.4 Å². The van der Waals surface area contributed by atoms with E-state index in [1.807, 2.05) is 0 Å². The highest BCUT2D eigenvalue weighted by Gasteiger charge is 2.35. The first-order valence-electron chi connectivity index (χ1n) is 13.8. The predicted octanol–water partition coefficient (Wildman–Crippen LogP) is 3.44. The molecule has 2 aromatic carbocycles. The Bertz CT molecular complexity index is 1880. The molecule has 4 rings (SSSR count). The van der Waals surface area contributed by atoms with E-state index >= 15 is 0 Å². The van der Waals surface area contributed by atoms with Crippen LogP contribution in [-0.2, 0) is 26.9 Å². The van der Waals surface area contributed by atoms with E-state index in [9.17, 15) is 26.3 Å². The normalized spacial score (nSPS) is 13.1. The maximum atomic E-state index is 14.3. The van der Waals surface area contributed by atoms with E-state index in [0.717, 1.165) is 28.8 Å². The van der Waals surface area contributed by atoms with Crippen LogP contribution in [0.5, 0.6) is 11.5 Å². The number of methoxy groups -OCH3 is 2. The molecule has 1 N–H and O–H groups in total. The van der Waals surface area contributed by atoms with Crippen molar-refractivity contribution < 1.29 is 35.8 Å². The number of hydrogen-bond acceptors (Lipinski definition) is 10. The number of aryl methyl sites for hydroxylation is 1. The van der Waals surface area contributed by atoms with E-state index in [1.54, 1.807) is 42.2 Å². The topological polar surface area (TPSA) is 159 Å². The highest BCUT2D eigenvalue weighted by Crippen LogP contribution is 2.39. The van der Waals surface area contributed by atoms with Gasteiger partial charge >= 0.3 is 0 Å². The molecule has 1 unspecified atom stereocenters. The van der Waals surface area contributed by atoms with Gasteiger partial charge in [0.05, 0.1) is 31.0 Å². The van der Waals surface area contributed by atoms with Crippen molar-refractivity contribution in [1.82, 2.24) is 24.5 Å². The first-order chi connectivity index (χ1) is 21.0. The van der Waals surface area contributed by atoms with Crippen LogP contribution in [0.25, 0.3) is 17.2 Å². The number of aliphatic hydroxyl groups excluding tert-OH is 1. The van der Waals surface area contributed by atoms with Crippen LogP contribution in [0.3, 0.4) is 0 Å². The number of para-hydroxylation sites is 1. The predicted molar refractivity (Wildman–Crippen MR) is 170 cm³/mol. The maximum Gasteiger partial charge on any atom is 0.246 e. The van der Waals surface area contributed by atoms with E-state index in [-0.39, 0.29) is 23.9 Å². The van der Waals surface area contributed by atoms with Gasteiger partial charge in [0.2, 0.25) is 16.0 Å². The average Bonchev–Trinajstić information content (AvgIpc) is 3.57. The van der Waals surface area contributed by atoms with Gasteiger partial charge in [-0.15, -0.1) is 10.2 Å². The molecule has 0 spiro atoms.